The second-order valence-corrected chi connectivity index (χ2v) is 7.94. The normalized spacial score (nSPS) is 15.3. The first-order valence-electron chi connectivity index (χ1n) is 8.79. The molecule has 2 amide bonds. The Bertz CT molecular complexity index is 646. The van der Waals surface area contributed by atoms with Crippen LogP contribution in [0.2, 0.25) is 0 Å². The Labute approximate surface area is 155 Å². The predicted octanol–water partition coefficient (Wildman–Crippen LogP) is 3.61. The first-order valence-corrected chi connectivity index (χ1v) is 9.20. The summed E-state index contributed by atoms with van der Waals surface area (Å²) in [5.74, 6) is -0.182. The zero-order valence-corrected chi connectivity index (χ0v) is 16.0. The molecular weight excluding hydrogens is 334 g/mol. The second kappa shape index (κ2) is 8.43. The molecule has 0 aliphatic heterocycles. The van der Waals surface area contributed by atoms with Crippen LogP contribution in [0.4, 0.5) is 5.69 Å². The summed E-state index contributed by atoms with van der Waals surface area (Å²) < 4.78 is 0. The molecule has 0 heterocycles. The van der Waals surface area contributed by atoms with Gasteiger partial charge in [-0.25, -0.2) is 0 Å². The van der Waals surface area contributed by atoms with Crippen LogP contribution in [0.3, 0.4) is 0 Å². The molecule has 1 aliphatic carbocycles. The standard InChI is InChI=1S/C19H27N3O2S/c1-19(2,3)22-17(24)14-11-7-8-12-15(14)20-18(25)21-16(23)13-9-5-4-6-10-13/h7-8,11-13H,4-6,9-10H2,1-3H3,(H,22,24)(H2,20,21,23,25). The van der Waals surface area contributed by atoms with Crippen LogP contribution < -0.4 is 16.0 Å². The van der Waals surface area contributed by atoms with E-state index in [0.717, 1.165) is 25.7 Å². The Hall–Kier alpha value is -1.95. The third-order valence-corrected chi connectivity index (χ3v) is 4.33. The number of amides is 2. The van der Waals surface area contributed by atoms with Crippen LogP contribution in [0, 0.1) is 5.92 Å². The molecule has 0 radical (unpaired) electrons. The molecule has 0 atom stereocenters. The van der Waals surface area contributed by atoms with E-state index in [9.17, 15) is 9.59 Å². The summed E-state index contributed by atoms with van der Waals surface area (Å²) >= 11 is 5.26. The van der Waals surface area contributed by atoms with Crippen LogP contribution >= 0.6 is 12.2 Å². The summed E-state index contributed by atoms with van der Waals surface area (Å²) in [5.41, 5.74) is 0.741. The summed E-state index contributed by atoms with van der Waals surface area (Å²) in [6, 6.07) is 7.12. The van der Waals surface area contributed by atoms with Crippen molar-refractivity contribution in [3.63, 3.8) is 0 Å². The molecular formula is C19H27N3O2S. The summed E-state index contributed by atoms with van der Waals surface area (Å²) in [6.45, 7) is 5.78. The molecule has 1 aliphatic rings. The van der Waals surface area contributed by atoms with Crippen LogP contribution in [-0.2, 0) is 4.79 Å². The van der Waals surface area contributed by atoms with Gasteiger partial charge >= 0.3 is 0 Å². The number of carbonyl (C=O) groups is 2. The van der Waals surface area contributed by atoms with Gasteiger partial charge in [0.05, 0.1) is 11.3 Å². The van der Waals surface area contributed by atoms with Crippen molar-refractivity contribution in [3.8, 4) is 0 Å². The summed E-state index contributed by atoms with van der Waals surface area (Å²) in [6.07, 6.45) is 5.21. The Morgan fingerprint density at radius 2 is 1.72 bits per heavy atom. The van der Waals surface area contributed by atoms with Gasteiger partial charge in [-0.1, -0.05) is 31.4 Å². The van der Waals surface area contributed by atoms with Crippen molar-refractivity contribution in [3.05, 3.63) is 29.8 Å². The number of benzene rings is 1. The minimum Gasteiger partial charge on any atom is -0.347 e. The van der Waals surface area contributed by atoms with Gasteiger partial charge in [-0.05, 0) is 58.0 Å². The maximum absolute atomic E-state index is 12.5. The molecule has 0 saturated heterocycles. The van der Waals surface area contributed by atoms with Gasteiger partial charge in [-0.15, -0.1) is 0 Å². The molecule has 25 heavy (non-hydrogen) atoms. The number of thiocarbonyl (C=S) groups is 1. The fraction of sp³-hybridized carbons (Fsp3) is 0.526. The molecule has 1 fully saturated rings. The molecule has 0 bridgehead atoms. The van der Waals surface area contributed by atoms with E-state index in [0.29, 0.717) is 11.3 Å². The van der Waals surface area contributed by atoms with E-state index in [4.69, 9.17) is 12.2 Å². The monoisotopic (exact) mass is 361 g/mol. The number of nitrogens with one attached hydrogen (secondary N) is 3. The molecule has 2 rings (SSSR count). The highest BCUT2D eigenvalue weighted by atomic mass is 32.1. The van der Waals surface area contributed by atoms with E-state index in [1.807, 2.05) is 26.8 Å². The van der Waals surface area contributed by atoms with E-state index < -0.39 is 0 Å². The third-order valence-electron chi connectivity index (χ3n) is 4.12. The van der Waals surface area contributed by atoms with Crippen molar-refractivity contribution in [1.29, 1.82) is 0 Å². The Morgan fingerprint density at radius 1 is 1.08 bits per heavy atom. The lowest BCUT2D eigenvalue weighted by atomic mass is 9.89. The second-order valence-electron chi connectivity index (χ2n) is 7.53. The van der Waals surface area contributed by atoms with Crippen LogP contribution in [-0.4, -0.2) is 22.5 Å². The zero-order valence-electron chi connectivity index (χ0n) is 15.1. The quantitative estimate of drug-likeness (QED) is 0.719. The topological polar surface area (TPSA) is 70.2 Å². The van der Waals surface area contributed by atoms with Crippen LogP contribution in [0.5, 0.6) is 0 Å². The lowest BCUT2D eigenvalue weighted by Crippen LogP contribution is -2.41. The minimum atomic E-state index is -0.333. The predicted molar refractivity (Wildman–Crippen MR) is 105 cm³/mol. The Kier molecular flexibility index (Phi) is 6.53. The average molecular weight is 362 g/mol. The van der Waals surface area contributed by atoms with E-state index in [2.05, 4.69) is 16.0 Å². The van der Waals surface area contributed by atoms with Crippen molar-refractivity contribution >= 4 is 34.8 Å². The number of carbonyl (C=O) groups excluding carboxylic acids is 2. The van der Waals surface area contributed by atoms with Gasteiger partial charge in [0, 0.05) is 11.5 Å². The summed E-state index contributed by atoms with van der Waals surface area (Å²) in [5, 5.41) is 8.91. The molecule has 0 unspecified atom stereocenters. The first kappa shape index (κ1) is 19.4. The van der Waals surface area contributed by atoms with E-state index >= 15 is 0 Å². The number of rotatable bonds is 3. The van der Waals surface area contributed by atoms with Gasteiger partial charge < -0.3 is 16.0 Å². The average Bonchev–Trinajstić information content (AvgIpc) is 2.54. The maximum Gasteiger partial charge on any atom is 0.253 e. The molecule has 0 spiro atoms. The maximum atomic E-state index is 12.5. The van der Waals surface area contributed by atoms with Crippen molar-refractivity contribution in [1.82, 2.24) is 10.6 Å². The van der Waals surface area contributed by atoms with Crippen LogP contribution in [0.25, 0.3) is 0 Å². The highest BCUT2D eigenvalue weighted by molar-refractivity contribution is 7.80. The summed E-state index contributed by atoms with van der Waals surface area (Å²) in [7, 11) is 0. The van der Waals surface area contributed by atoms with E-state index in [-0.39, 0.29) is 28.4 Å². The highest BCUT2D eigenvalue weighted by Crippen LogP contribution is 2.23. The molecule has 1 aromatic carbocycles. The van der Waals surface area contributed by atoms with Gasteiger partial charge in [-0.3, -0.25) is 9.59 Å². The van der Waals surface area contributed by atoms with Crippen molar-refractivity contribution in [2.75, 3.05) is 5.32 Å². The van der Waals surface area contributed by atoms with Crippen LogP contribution in [0.1, 0.15) is 63.2 Å². The molecule has 5 nitrogen and oxygen atoms in total. The van der Waals surface area contributed by atoms with Crippen molar-refractivity contribution < 1.29 is 9.59 Å². The molecule has 6 heteroatoms. The highest BCUT2D eigenvalue weighted by Gasteiger charge is 2.22. The Balaban J connectivity index is 2.00. The van der Waals surface area contributed by atoms with Gasteiger partial charge in [0.2, 0.25) is 5.91 Å². The number of hydrogen-bond acceptors (Lipinski definition) is 3. The number of hydrogen-bond donors (Lipinski definition) is 3. The van der Waals surface area contributed by atoms with Gasteiger partial charge in [0.25, 0.3) is 5.91 Å². The zero-order chi connectivity index (χ0) is 18.4. The fourth-order valence-electron chi connectivity index (χ4n) is 2.93. The SMILES string of the molecule is CC(C)(C)NC(=O)c1ccccc1NC(=S)NC(=O)C1CCCCC1. The number of para-hydroxylation sites is 1. The first-order chi connectivity index (χ1) is 11.8. The lowest BCUT2D eigenvalue weighted by Gasteiger charge is -2.23. The minimum absolute atomic E-state index is 0.0335. The third kappa shape index (κ3) is 6.12. The molecule has 136 valence electrons. The smallest absolute Gasteiger partial charge is 0.253 e. The molecule has 1 aromatic rings. The fourth-order valence-corrected chi connectivity index (χ4v) is 3.14. The van der Waals surface area contributed by atoms with Crippen molar-refractivity contribution in [2.24, 2.45) is 5.92 Å². The van der Waals surface area contributed by atoms with E-state index in [1.165, 1.54) is 6.42 Å². The molecule has 3 N–H and O–H groups in total. The molecule has 0 aromatic heterocycles. The van der Waals surface area contributed by atoms with E-state index in [1.54, 1.807) is 18.2 Å². The van der Waals surface area contributed by atoms with Gasteiger partial charge in [-0.2, -0.15) is 0 Å². The molecule has 1 saturated carbocycles. The van der Waals surface area contributed by atoms with Gasteiger partial charge in [0.1, 0.15) is 0 Å². The largest absolute Gasteiger partial charge is 0.347 e. The lowest BCUT2D eigenvalue weighted by molar-refractivity contribution is -0.124. The summed E-state index contributed by atoms with van der Waals surface area (Å²) in [4.78, 5) is 24.7. The van der Waals surface area contributed by atoms with Crippen LogP contribution in [0.15, 0.2) is 24.3 Å². The number of anilines is 1. The Morgan fingerprint density at radius 3 is 2.36 bits per heavy atom. The van der Waals surface area contributed by atoms with Gasteiger partial charge in [0.15, 0.2) is 5.11 Å². The van der Waals surface area contributed by atoms with Crippen molar-refractivity contribution in [2.45, 2.75) is 58.4 Å².